The number of sulfonamides is 1. The van der Waals surface area contributed by atoms with Crippen LogP contribution < -0.4 is 4.74 Å². The van der Waals surface area contributed by atoms with E-state index < -0.39 is 16.0 Å². The summed E-state index contributed by atoms with van der Waals surface area (Å²) in [5, 5.41) is 0.347. The van der Waals surface area contributed by atoms with Crippen molar-refractivity contribution in [1.82, 2.24) is 4.31 Å². The highest BCUT2D eigenvalue weighted by molar-refractivity contribution is 7.89. The van der Waals surface area contributed by atoms with Crippen molar-refractivity contribution in [2.45, 2.75) is 18.7 Å². The molecule has 0 bridgehead atoms. The van der Waals surface area contributed by atoms with Gasteiger partial charge in [-0.3, -0.25) is 0 Å². The molecule has 2 aromatic carbocycles. The molecule has 0 N–H and O–H groups in total. The normalized spacial score (nSPS) is 11.8. The van der Waals surface area contributed by atoms with Crippen LogP contribution in [0.15, 0.2) is 59.5 Å². The topological polar surface area (TPSA) is 63.7 Å². The third kappa shape index (κ3) is 4.94. The first kappa shape index (κ1) is 20.2. The van der Waals surface area contributed by atoms with E-state index in [0.29, 0.717) is 23.7 Å². The SMILES string of the molecule is CCN(CC)S(=O)(=O)c1ccc(/C=C/C(=O)Oc2ccccc2Cl)cc1. The number of carbonyl (C=O) groups is 1. The summed E-state index contributed by atoms with van der Waals surface area (Å²) in [4.78, 5) is 12.1. The molecule has 0 heterocycles. The second-order valence-electron chi connectivity index (χ2n) is 5.34. The number of esters is 1. The lowest BCUT2D eigenvalue weighted by Crippen LogP contribution is -2.30. The Bertz CT molecular complexity index is 888. The van der Waals surface area contributed by atoms with E-state index in [-0.39, 0.29) is 10.6 Å². The van der Waals surface area contributed by atoms with E-state index >= 15 is 0 Å². The van der Waals surface area contributed by atoms with Crippen molar-refractivity contribution >= 4 is 33.7 Å². The molecule has 26 heavy (non-hydrogen) atoms. The van der Waals surface area contributed by atoms with Crippen LogP contribution >= 0.6 is 11.6 Å². The zero-order valence-electron chi connectivity index (χ0n) is 14.6. The minimum absolute atomic E-state index is 0.219. The first-order valence-corrected chi connectivity index (χ1v) is 9.95. The summed E-state index contributed by atoms with van der Waals surface area (Å²) < 4.78 is 31.4. The standard InChI is InChI=1S/C19H20ClNO4S/c1-3-21(4-2)26(23,24)16-12-9-15(10-13-16)11-14-19(22)25-18-8-6-5-7-17(18)20/h5-14H,3-4H2,1-2H3/b14-11+. The van der Waals surface area contributed by atoms with Gasteiger partial charge in [-0.05, 0) is 35.9 Å². The van der Waals surface area contributed by atoms with E-state index in [1.165, 1.54) is 22.5 Å². The Labute approximate surface area is 158 Å². The Hall–Kier alpha value is -2.15. The van der Waals surface area contributed by atoms with Crippen molar-refractivity contribution in [3.05, 3.63) is 65.2 Å². The number of rotatable bonds is 7. The molecule has 138 valence electrons. The summed E-state index contributed by atoms with van der Waals surface area (Å²) in [6.45, 7) is 4.41. The molecule has 0 aliphatic rings. The molecular formula is C19H20ClNO4S. The van der Waals surface area contributed by atoms with Crippen LogP contribution in [0.5, 0.6) is 5.75 Å². The van der Waals surface area contributed by atoms with Gasteiger partial charge in [0.2, 0.25) is 10.0 Å². The van der Waals surface area contributed by atoms with Gasteiger partial charge in [-0.15, -0.1) is 0 Å². The predicted octanol–water partition coefficient (Wildman–Crippen LogP) is 3.99. The number of benzene rings is 2. The molecule has 7 heteroatoms. The van der Waals surface area contributed by atoms with Crippen LogP contribution in [0.3, 0.4) is 0 Å². The van der Waals surface area contributed by atoms with Crippen LogP contribution in [0.4, 0.5) is 0 Å². The average molecular weight is 394 g/mol. The molecule has 0 saturated carbocycles. The maximum atomic E-state index is 12.4. The minimum atomic E-state index is -3.49. The van der Waals surface area contributed by atoms with E-state index in [4.69, 9.17) is 16.3 Å². The molecule has 0 radical (unpaired) electrons. The summed E-state index contributed by atoms with van der Waals surface area (Å²) in [5.41, 5.74) is 0.680. The number of hydrogen-bond donors (Lipinski definition) is 0. The lowest BCUT2D eigenvalue weighted by atomic mass is 10.2. The van der Waals surface area contributed by atoms with Crippen molar-refractivity contribution in [3.8, 4) is 5.75 Å². The summed E-state index contributed by atoms with van der Waals surface area (Å²) in [5.74, 6) is -0.289. The second-order valence-corrected chi connectivity index (χ2v) is 7.69. The molecule has 0 spiro atoms. The summed E-state index contributed by atoms with van der Waals surface area (Å²) in [6, 6.07) is 13.0. The Morgan fingerprint density at radius 2 is 1.69 bits per heavy atom. The van der Waals surface area contributed by atoms with Crippen molar-refractivity contribution in [1.29, 1.82) is 0 Å². The third-order valence-electron chi connectivity index (χ3n) is 3.68. The monoisotopic (exact) mass is 393 g/mol. The smallest absolute Gasteiger partial charge is 0.336 e. The summed E-state index contributed by atoms with van der Waals surface area (Å²) in [7, 11) is -3.49. The number of hydrogen-bond acceptors (Lipinski definition) is 4. The molecule has 0 fully saturated rings. The van der Waals surface area contributed by atoms with Gasteiger partial charge in [-0.25, -0.2) is 13.2 Å². The van der Waals surface area contributed by atoms with E-state index in [9.17, 15) is 13.2 Å². The zero-order chi connectivity index (χ0) is 19.2. The average Bonchev–Trinajstić information content (AvgIpc) is 2.63. The Morgan fingerprint density at radius 1 is 1.08 bits per heavy atom. The van der Waals surface area contributed by atoms with E-state index in [1.807, 2.05) is 0 Å². The number of carbonyl (C=O) groups excluding carboxylic acids is 1. The second kappa shape index (κ2) is 8.98. The third-order valence-corrected chi connectivity index (χ3v) is 6.06. The molecule has 0 aliphatic heterocycles. The number of halogens is 1. The van der Waals surface area contributed by atoms with Crippen molar-refractivity contribution < 1.29 is 17.9 Å². The van der Waals surface area contributed by atoms with Gasteiger partial charge in [0.1, 0.15) is 5.75 Å². The fraction of sp³-hybridized carbons (Fsp3) is 0.211. The fourth-order valence-corrected chi connectivity index (χ4v) is 3.93. The highest BCUT2D eigenvalue weighted by Gasteiger charge is 2.20. The van der Waals surface area contributed by atoms with Crippen LogP contribution in [0.1, 0.15) is 19.4 Å². The lowest BCUT2D eigenvalue weighted by molar-refractivity contribution is -0.128. The van der Waals surface area contributed by atoms with Gasteiger partial charge in [0.15, 0.2) is 0 Å². The molecule has 0 amide bonds. The van der Waals surface area contributed by atoms with E-state index in [1.54, 1.807) is 56.3 Å². The van der Waals surface area contributed by atoms with Crippen LogP contribution in [0.25, 0.3) is 6.08 Å². The van der Waals surface area contributed by atoms with E-state index in [0.717, 1.165) is 0 Å². The molecule has 5 nitrogen and oxygen atoms in total. The fourth-order valence-electron chi connectivity index (χ4n) is 2.30. The lowest BCUT2D eigenvalue weighted by Gasteiger charge is -2.18. The number of nitrogens with zero attached hydrogens (tertiary/aromatic N) is 1. The molecule has 2 rings (SSSR count). The minimum Gasteiger partial charge on any atom is -0.422 e. The van der Waals surface area contributed by atoms with Gasteiger partial charge >= 0.3 is 5.97 Å². The van der Waals surface area contributed by atoms with Crippen molar-refractivity contribution in [3.63, 3.8) is 0 Å². The zero-order valence-corrected chi connectivity index (χ0v) is 16.1. The maximum Gasteiger partial charge on any atom is 0.336 e. The van der Waals surface area contributed by atoms with Crippen LogP contribution in [-0.2, 0) is 14.8 Å². The van der Waals surface area contributed by atoms with Gasteiger partial charge < -0.3 is 4.74 Å². The van der Waals surface area contributed by atoms with Crippen LogP contribution in [-0.4, -0.2) is 31.8 Å². The molecule has 0 aromatic heterocycles. The highest BCUT2D eigenvalue weighted by atomic mass is 35.5. The highest BCUT2D eigenvalue weighted by Crippen LogP contribution is 2.23. The molecule has 2 aromatic rings. The number of ether oxygens (including phenoxy) is 1. The Kier molecular flexibility index (Phi) is 6.97. The maximum absolute atomic E-state index is 12.4. The quantitative estimate of drug-likeness (QED) is 0.405. The van der Waals surface area contributed by atoms with Gasteiger partial charge in [0.25, 0.3) is 0 Å². The molecule has 0 aliphatic carbocycles. The van der Waals surface area contributed by atoms with Gasteiger partial charge in [-0.1, -0.05) is 49.7 Å². The first-order valence-electron chi connectivity index (χ1n) is 8.13. The van der Waals surface area contributed by atoms with Gasteiger partial charge in [0.05, 0.1) is 9.92 Å². The first-order chi connectivity index (χ1) is 12.4. The number of para-hydroxylation sites is 1. The van der Waals surface area contributed by atoms with Gasteiger partial charge in [0, 0.05) is 19.2 Å². The van der Waals surface area contributed by atoms with Crippen molar-refractivity contribution in [2.75, 3.05) is 13.1 Å². The van der Waals surface area contributed by atoms with E-state index in [2.05, 4.69) is 0 Å². The largest absolute Gasteiger partial charge is 0.422 e. The molecule has 0 unspecified atom stereocenters. The van der Waals surface area contributed by atoms with Crippen LogP contribution in [0.2, 0.25) is 5.02 Å². The Morgan fingerprint density at radius 3 is 2.27 bits per heavy atom. The molecule has 0 saturated heterocycles. The Balaban J connectivity index is 2.08. The molecular weight excluding hydrogens is 374 g/mol. The summed E-state index contributed by atoms with van der Waals surface area (Å²) in [6.07, 6.45) is 2.81. The molecule has 0 atom stereocenters. The van der Waals surface area contributed by atoms with Crippen LogP contribution in [0, 0.1) is 0 Å². The van der Waals surface area contributed by atoms with Crippen molar-refractivity contribution in [2.24, 2.45) is 0 Å². The van der Waals surface area contributed by atoms with Gasteiger partial charge in [-0.2, -0.15) is 4.31 Å². The predicted molar refractivity (Wildman–Crippen MR) is 103 cm³/mol. The summed E-state index contributed by atoms with van der Waals surface area (Å²) >= 11 is 5.93.